The lowest BCUT2D eigenvalue weighted by Crippen LogP contribution is -2.01. The molecule has 116 valence electrons. The number of Topliss-reactive ketones (excluding diaryl/α,β-unsaturated/α-hetero) is 1. The molecule has 4 rings (SSSR count). The van der Waals surface area contributed by atoms with Gasteiger partial charge in [-0.2, -0.15) is 5.26 Å². The molecule has 24 heavy (non-hydrogen) atoms. The van der Waals surface area contributed by atoms with E-state index in [4.69, 9.17) is 10.2 Å². The number of pyridine rings is 2. The molecule has 0 aliphatic carbocycles. The van der Waals surface area contributed by atoms with E-state index in [1.807, 2.05) is 54.9 Å². The lowest BCUT2D eigenvalue weighted by molar-refractivity contribution is 0.0987. The predicted octanol–water partition coefficient (Wildman–Crippen LogP) is 4.41. The zero-order valence-corrected chi connectivity index (χ0v) is 13.5. The third-order valence-electron chi connectivity index (χ3n) is 4.43. The zero-order chi connectivity index (χ0) is 16.8. The van der Waals surface area contributed by atoms with Gasteiger partial charge in [0.2, 0.25) is 0 Å². The van der Waals surface area contributed by atoms with Crippen LogP contribution in [-0.4, -0.2) is 15.2 Å². The van der Waals surface area contributed by atoms with Crippen LogP contribution in [0.2, 0.25) is 0 Å². The second-order valence-electron chi connectivity index (χ2n) is 6.01. The molecule has 0 atom stereocenters. The topological polar surface area (TPSA) is 58.2 Å². The molecule has 3 aromatic heterocycles. The van der Waals surface area contributed by atoms with Gasteiger partial charge < -0.3 is 4.40 Å². The Morgan fingerprint density at radius 1 is 1.21 bits per heavy atom. The van der Waals surface area contributed by atoms with Crippen molar-refractivity contribution in [2.45, 2.75) is 20.3 Å². The van der Waals surface area contributed by atoms with E-state index in [9.17, 15) is 4.79 Å². The molecular formula is C20H15N3O. The van der Waals surface area contributed by atoms with Crippen LogP contribution in [0.1, 0.15) is 34.8 Å². The Bertz CT molecular complexity index is 1180. The van der Waals surface area contributed by atoms with Gasteiger partial charge in [-0.05, 0) is 42.8 Å². The second-order valence-corrected chi connectivity index (χ2v) is 6.01. The lowest BCUT2D eigenvalue weighted by Gasteiger charge is -2.05. The molecule has 0 N–H and O–H groups in total. The van der Waals surface area contributed by atoms with Crippen molar-refractivity contribution in [2.24, 2.45) is 0 Å². The van der Waals surface area contributed by atoms with E-state index in [1.54, 1.807) is 6.07 Å². The number of aryl methyl sites for hydroxylation is 1. The lowest BCUT2D eigenvalue weighted by atomic mass is 10.0. The van der Waals surface area contributed by atoms with Crippen molar-refractivity contribution < 1.29 is 4.79 Å². The van der Waals surface area contributed by atoms with E-state index >= 15 is 0 Å². The fourth-order valence-corrected chi connectivity index (χ4v) is 3.18. The standard InChI is InChI=1S/C20H15N3O/c1-3-19(24)16-8-18-20-15(11-23(18)10-12(16)2)7-14-6-13(9-21)4-5-17(14)22-20/h4-8,10-11H,3H2,1-2H3. The van der Waals surface area contributed by atoms with E-state index in [2.05, 4.69) is 6.07 Å². The van der Waals surface area contributed by atoms with Crippen LogP contribution in [0, 0.1) is 18.3 Å². The molecule has 0 unspecified atom stereocenters. The first-order chi connectivity index (χ1) is 11.6. The summed E-state index contributed by atoms with van der Waals surface area (Å²) in [5.41, 5.74) is 4.99. The van der Waals surface area contributed by atoms with E-state index < -0.39 is 0 Å². The number of benzene rings is 1. The largest absolute Gasteiger partial charge is 0.321 e. The first kappa shape index (κ1) is 14.4. The molecule has 0 bridgehead atoms. The Hall–Kier alpha value is -3.19. The van der Waals surface area contributed by atoms with Crippen LogP contribution in [-0.2, 0) is 0 Å². The van der Waals surface area contributed by atoms with Gasteiger partial charge >= 0.3 is 0 Å². The van der Waals surface area contributed by atoms with E-state index in [0.717, 1.165) is 38.4 Å². The highest BCUT2D eigenvalue weighted by atomic mass is 16.1. The third-order valence-corrected chi connectivity index (χ3v) is 4.43. The van der Waals surface area contributed by atoms with Crippen LogP contribution in [0.15, 0.2) is 42.7 Å². The summed E-state index contributed by atoms with van der Waals surface area (Å²) in [4.78, 5) is 16.9. The van der Waals surface area contributed by atoms with Crippen molar-refractivity contribution in [1.82, 2.24) is 9.38 Å². The summed E-state index contributed by atoms with van der Waals surface area (Å²) >= 11 is 0. The third kappa shape index (κ3) is 2.06. The highest BCUT2D eigenvalue weighted by Crippen LogP contribution is 2.27. The molecule has 0 radical (unpaired) electrons. The minimum atomic E-state index is 0.142. The molecule has 0 saturated carbocycles. The van der Waals surface area contributed by atoms with Gasteiger partial charge in [-0.1, -0.05) is 6.92 Å². The Kier molecular flexibility index (Phi) is 3.10. The van der Waals surface area contributed by atoms with Crippen molar-refractivity contribution >= 4 is 33.1 Å². The maximum atomic E-state index is 12.2. The molecule has 0 spiro atoms. The van der Waals surface area contributed by atoms with Gasteiger partial charge in [0.25, 0.3) is 0 Å². The molecule has 0 fully saturated rings. The van der Waals surface area contributed by atoms with E-state index in [-0.39, 0.29) is 5.78 Å². The summed E-state index contributed by atoms with van der Waals surface area (Å²) in [6, 6.07) is 11.6. The molecule has 4 aromatic rings. The summed E-state index contributed by atoms with van der Waals surface area (Å²) in [5.74, 6) is 0.142. The molecule has 4 heteroatoms. The van der Waals surface area contributed by atoms with E-state index in [0.29, 0.717) is 12.0 Å². The number of nitriles is 1. The highest BCUT2D eigenvalue weighted by molar-refractivity contribution is 6.04. The van der Waals surface area contributed by atoms with Crippen molar-refractivity contribution in [2.75, 3.05) is 0 Å². The maximum Gasteiger partial charge on any atom is 0.162 e. The van der Waals surface area contributed by atoms with Crippen LogP contribution in [0.25, 0.3) is 27.3 Å². The normalized spacial score (nSPS) is 11.2. The van der Waals surface area contributed by atoms with Gasteiger partial charge in [-0.3, -0.25) is 4.79 Å². The molecule has 0 aliphatic rings. The van der Waals surface area contributed by atoms with Crippen LogP contribution >= 0.6 is 0 Å². The van der Waals surface area contributed by atoms with Gasteiger partial charge in [-0.25, -0.2) is 4.98 Å². The van der Waals surface area contributed by atoms with Gasteiger partial charge in [0, 0.05) is 35.2 Å². The number of hydrogen-bond acceptors (Lipinski definition) is 3. The quantitative estimate of drug-likeness (QED) is 0.515. The van der Waals surface area contributed by atoms with Crippen molar-refractivity contribution in [1.29, 1.82) is 5.26 Å². The monoisotopic (exact) mass is 313 g/mol. The summed E-state index contributed by atoms with van der Waals surface area (Å²) in [6.07, 6.45) is 4.48. The fourth-order valence-electron chi connectivity index (χ4n) is 3.18. The first-order valence-corrected chi connectivity index (χ1v) is 7.90. The molecule has 0 saturated heterocycles. The summed E-state index contributed by atoms with van der Waals surface area (Å²) in [6.45, 7) is 3.83. The van der Waals surface area contributed by atoms with Crippen LogP contribution in [0.3, 0.4) is 0 Å². The fraction of sp³-hybridized carbons (Fsp3) is 0.150. The average Bonchev–Trinajstić information content (AvgIpc) is 2.93. The summed E-state index contributed by atoms with van der Waals surface area (Å²) in [7, 11) is 0. The van der Waals surface area contributed by atoms with Crippen molar-refractivity contribution in [3.63, 3.8) is 0 Å². The number of carbonyl (C=O) groups is 1. The number of fused-ring (bicyclic) bond motifs is 4. The second kappa shape index (κ2) is 5.17. The minimum absolute atomic E-state index is 0.142. The smallest absolute Gasteiger partial charge is 0.162 e. The maximum absolute atomic E-state index is 12.2. The number of nitrogens with zero attached hydrogens (tertiary/aromatic N) is 3. The van der Waals surface area contributed by atoms with Gasteiger partial charge in [-0.15, -0.1) is 0 Å². The number of rotatable bonds is 2. The molecular weight excluding hydrogens is 298 g/mol. The highest BCUT2D eigenvalue weighted by Gasteiger charge is 2.13. The Morgan fingerprint density at radius 2 is 2.04 bits per heavy atom. The zero-order valence-electron chi connectivity index (χ0n) is 13.5. The molecule has 3 heterocycles. The number of ketones is 1. The molecule has 1 aromatic carbocycles. The van der Waals surface area contributed by atoms with Gasteiger partial charge in [0.1, 0.15) is 0 Å². The average molecular weight is 313 g/mol. The minimum Gasteiger partial charge on any atom is -0.321 e. The van der Waals surface area contributed by atoms with Crippen LogP contribution < -0.4 is 0 Å². The first-order valence-electron chi connectivity index (χ1n) is 7.90. The molecule has 0 aliphatic heterocycles. The Labute approximate surface area is 139 Å². The Morgan fingerprint density at radius 3 is 2.79 bits per heavy atom. The SMILES string of the molecule is CCC(=O)c1cc2c3nc4ccc(C#N)cc4cc3cn2cc1C. The van der Waals surface area contributed by atoms with Crippen LogP contribution in [0.4, 0.5) is 0 Å². The van der Waals surface area contributed by atoms with Crippen LogP contribution in [0.5, 0.6) is 0 Å². The van der Waals surface area contributed by atoms with Gasteiger partial charge in [0.15, 0.2) is 5.78 Å². The number of carbonyl (C=O) groups excluding carboxylic acids is 1. The van der Waals surface area contributed by atoms with Crippen molar-refractivity contribution in [3.05, 3.63) is 59.4 Å². The van der Waals surface area contributed by atoms with Crippen molar-refractivity contribution in [3.8, 4) is 6.07 Å². The molecule has 0 amide bonds. The van der Waals surface area contributed by atoms with E-state index in [1.165, 1.54) is 0 Å². The molecule has 4 nitrogen and oxygen atoms in total. The number of aromatic nitrogens is 2. The summed E-state index contributed by atoms with van der Waals surface area (Å²) in [5, 5.41) is 11.0. The summed E-state index contributed by atoms with van der Waals surface area (Å²) < 4.78 is 2.02. The Balaban J connectivity index is 2.07. The number of hydrogen-bond donors (Lipinski definition) is 0. The predicted molar refractivity (Wildman–Crippen MR) is 94.3 cm³/mol. The van der Waals surface area contributed by atoms with Gasteiger partial charge in [0.05, 0.1) is 28.2 Å².